The van der Waals surface area contributed by atoms with Gasteiger partial charge in [0.05, 0.1) is 17.9 Å². The molecule has 0 aromatic carbocycles. The van der Waals surface area contributed by atoms with E-state index < -0.39 is 6.04 Å². The molecular formula is C15H24N4O2. The summed E-state index contributed by atoms with van der Waals surface area (Å²) in [5.74, 6) is 0.0618. The van der Waals surface area contributed by atoms with Crippen molar-refractivity contribution in [2.24, 2.45) is 5.92 Å². The second kappa shape index (κ2) is 6.28. The van der Waals surface area contributed by atoms with Crippen molar-refractivity contribution in [2.75, 3.05) is 6.54 Å². The smallest absolute Gasteiger partial charge is 0.246 e. The average Bonchev–Trinajstić information content (AvgIpc) is 2.81. The topological polar surface area (TPSA) is 67.2 Å². The molecule has 0 aliphatic carbocycles. The van der Waals surface area contributed by atoms with Gasteiger partial charge in [-0.25, -0.2) is 0 Å². The van der Waals surface area contributed by atoms with Crippen LogP contribution in [0, 0.1) is 12.8 Å². The van der Waals surface area contributed by atoms with E-state index in [2.05, 4.69) is 10.4 Å². The Morgan fingerprint density at radius 1 is 1.43 bits per heavy atom. The molecule has 6 heteroatoms. The summed E-state index contributed by atoms with van der Waals surface area (Å²) in [6.07, 6.45) is 0.858. The largest absolute Gasteiger partial charge is 0.342 e. The molecule has 116 valence electrons. The number of aryl methyl sites for hydroxylation is 2. The highest BCUT2D eigenvalue weighted by Crippen LogP contribution is 2.17. The second-order valence-corrected chi connectivity index (χ2v) is 5.72. The van der Waals surface area contributed by atoms with Crippen molar-refractivity contribution < 1.29 is 9.59 Å². The number of hydrogen-bond donors (Lipinski definition) is 1. The van der Waals surface area contributed by atoms with Crippen molar-refractivity contribution >= 4 is 11.8 Å². The maximum atomic E-state index is 12.6. The molecule has 1 aromatic rings. The van der Waals surface area contributed by atoms with E-state index in [0.29, 0.717) is 6.54 Å². The van der Waals surface area contributed by atoms with Crippen LogP contribution in [-0.2, 0) is 22.7 Å². The summed E-state index contributed by atoms with van der Waals surface area (Å²) in [5.41, 5.74) is 1.90. The van der Waals surface area contributed by atoms with Crippen LogP contribution in [0.3, 0.4) is 0 Å². The summed E-state index contributed by atoms with van der Waals surface area (Å²) in [4.78, 5) is 26.1. The lowest BCUT2D eigenvalue weighted by Crippen LogP contribution is -2.59. The van der Waals surface area contributed by atoms with Crippen LogP contribution in [0.15, 0.2) is 6.07 Å². The van der Waals surface area contributed by atoms with Crippen LogP contribution >= 0.6 is 0 Å². The Morgan fingerprint density at radius 2 is 2.14 bits per heavy atom. The molecule has 2 heterocycles. The molecular weight excluding hydrogens is 268 g/mol. The van der Waals surface area contributed by atoms with Gasteiger partial charge in [-0.15, -0.1) is 0 Å². The van der Waals surface area contributed by atoms with Gasteiger partial charge in [0.15, 0.2) is 0 Å². The highest BCUT2D eigenvalue weighted by molar-refractivity contribution is 5.94. The summed E-state index contributed by atoms with van der Waals surface area (Å²) >= 11 is 0. The number of nitrogens with one attached hydrogen (secondary N) is 1. The molecule has 1 fully saturated rings. The first kappa shape index (κ1) is 15.5. The Labute approximate surface area is 125 Å². The van der Waals surface area contributed by atoms with E-state index in [-0.39, 0.29) is 24.3 Å². The fourth-order valence-electron chi connectivity index (χ4n) is 2.68. The lowest BCUT2D eigenvalue weighted by Gasteiger charge is -2.35. The molecule has 6 nitrogen and oxygen atoms in total. The Hall–Kier alpha value is -1.85. The van der Waals surface area contributed by atoms with Gasteiger partial charge in [-0.2, -0.15) is 5.10 Å². The van der Waals surface area contributed by atoms with E-state index in [4.69, 9.17) is 0 Å². The van der Waals surface area contributed by atoms with Crippen molar-refractivity contribution in [1.82, 2.24) is 20.0 Å². The van der Waals surface area contributed by atoms with Crippen LogP contribution in [-0.4, -0.2) is 39.1 Å². The molecule has 1 aromatic heterocycles. The van der Waals surface area contributed by atoms with E-state index in [9.17, 15) is 9.59 Å². The van der Waals surface area contributed by atoms with E-state index in [0.717, 1.165) is 24.4 Å². The second-order valence-electron chi connectivity index (χ2n) is 5.72. The monoisotopic (exact) mass is 292 g/mol. The fourth-order valence-corrected chi connectivity index (χ4v) is 2.68. The van der Waals surface area contributed by atoms with Crippen molar-refractivity contribution in [2.45, 2.75) is 53.2 Å². The number of amides is 2. The van der Waals surface area contributed by atoms with E-state index in [1.165, 1.54) is 0 Å². The van der Waals surface area contributed by atoms with Gasteiger partial charge in [0.25, 0.3) is 0 Å². The molecule has 1 saturated heterocycles. The van der Waals surface area contributed by atoms with Crippen LogP contribution < -0.4 is 5.32 Å². The molecule has 1 aliphatic rings. The van der Waals surface area contributed by atoms with Gasteiger partial charge < -0.3 is 10.2 Å². The Morgan fingerprint density at radius 3 is 2.76 bits per heavy atom. The van der Waals surface area contributed by atoms with Crippen molar-refractivity contribution in [3.05, 3.63) is 17.5 Å². The van der Waals surface area contributed by atoms with Gasteiger partial charge in [-0.3, -0.25) is 14.3 Å². The number of rotatable bonds is 5. The highest BCUT2D eigenvalue weighted by atomic mass is 16.2. The number of carbonyl (C=O) groups is 2. The molecule has 2 unspecified atom stereocenters. The maximum absolute atomic E-state index is 12.6. The number of aromatic nitrogens is 2. The standard InChI is InChI=1S/C15H24N4O2/c1-5-10(3)14-15(21)18(9-13(20)16-14)8-12-7-11(4)17-19(12)6-2/h7,10,14H,5-6,8-9H2,1-4H3,(H,16,20). The third kappa shape index (κ3) is 3.25. The lowest BCUT2D eigenvalue weighted by molar-refractivity contribution is -0.146. The van der Waals surface area contributed by atoms with Gasteiger partial charge in [0.2, 0.25) is 11.8 Å². The first-order valence-electron chi connectivity index (χ1n) is 7.57. The Kier molecular flexibility index (Phi) is 4.65. The first-order valence-corrected chi connectivity index (χ1v) is 7.57. The molecule has 0 saturated carbocycles. The minimum atomic E-state index is -0.407. The normalized spacial score (nSPS) is 20.6. The molecule has 21 heavy (non-hydrogen) atoms. The third-order valence-electron chi connectivity index (χ3n) is 4.08. The number of nitrogens with zero attached hydrogens (tertiary/aromatic N) is 3. The molecule has 2 amide bonds. The van der Waals surface area contributed by atoms with Gasteiger partial charge in [-0.1, -0.05) is 20.3 Å². The van der Waals surface area contributed by atoms with Crippen molar-refractivity contribution in [3.8, 4) is 0 Å². The van der Waals surface area contributed by atoms with Crippen LogP contribution in [0.1, 0.15) is 38.6 Å². The minimum absolute atomic E-state index is 0.00505. The van der Waals surface area contributed by atoms with Gasteiger partial charge in [0.1, 0.15) is 12.6 Å². The summed E-state index contributed by atoms with van der Waals surface area (Å²) in [6, 6.07) is 1.57. The van der Waals surface area contributed by atoms with E-state index in [1.807, 2.05) is 38.4 Å². The quantitative estimate of drug-likeness (QED) is 0.883. The minimum Gasteiger partial charge on any atom is -0.342 e. The number of piperazine rings is 1. The van der Waals surface area contributed by atoms with Crippen LogP contribution in [0.5, 0.6) is 0 Å². The van der Waals surface area contributed by atoms with E-state index >= 15 is 0 Å². The summed E-state index contributed by atoms with van der Waals surface area (Å²) in [5, 5.41) is 7.20. The summed E-state index contributed by atoms with van der Waals surface area (Å²) < 4.78 is 1.88. The summed E-state index contributed by atoms with van der Waals surface area (Å²) in [6.45, 7) is 9.29. The number of hydrogen-bond acceptors (Lipinski definition) is 3. The third-order valence-corrected chi connectivity index (χ3v) is 4.08. The highest BCUT2D eigenvalue weighted by Gasteiger charge is 2.35. The molecule has 1 aliphatic heterocycles. The van der Waals surface area contributed by atoms with E-state index in [1.54, 1.807) is 4.90 Å². The predicted octanol–water partition coefficient (Wildman–Crippen LogP) is 1.08. The fraction of sp³-hybridized carbons (Fsp3) is 0.667. The van der Waals surface area contributed by atoms with Crippen LogP contribution in [0.25, 0.3) is 0 Å². The first-order chi connectivity index (χ1) is 9.96. The molecule has 1 N–H and O–H groups in total. The van der Waals surface area contributed by atoms with Gasteiger partial charge in [0, 0.05) is 6.54 Å². The lowest BCUT2D eigenvalue weighted by atomic mass is 9.96. The Bertz CT molecular complexity index is 538. The van der Waals surface area contributed by atoms with Gasteiger partial charge >= 0.3 is 0 Å². The van der Waals surface area contributed by atoms with Crippen molar-refractivity contribution in [3.63, 3.8) is 0 Å². The molecule has 0 radical (unpaired) electrons. The Balaban J connectivity index is 2.18. The maximum Gasteiger partial charge on any atom is 0.246 e. The molecule has 2 atom stereocenters. The van der Waals surface area contributed by atoms with Crippen LogP contribution in [0.2, 0.25) is 0 Å². The molecule has 2 rings (SSSR count). The molecule has 0 spiro atoms. The number of carbonyl (C=O) groups excluding carboxylic acids is 2. The zero-order valence-corrected chi connectivity index (χ0v) is 13.2. The zero-order chi connectivity index (χ0) is 15.6. The summed E-state index contributed by atoms with van der Waals surface area (Å²) in [7, 11) is 0. The zero-order valence-electron chi connectivity index (χ0n) is 13.2. The molecule has 0 bridgehead atoms. The SMILES string of the molecule is CCC(C)C1NC(=O)CN(Cc2cc(C)nn2CC)C1=O. The van der Waals surface area contributed by atoms with Crippen LogP contribution in [0.4, 0.5) is 0 Å². The average molecular weight is 292 g/mol. The van der Waals surface area contributed by atoms with Gasteiger partial charge in [-0.05, 0) is 25.8 Å². The van der Waals surface area contributed by atoms with Crippen molar-refractivity contribution in [1.29, 1.82) is 0 Å². The predicted molar refractivity (Wildman–Crippen MR) is 79.4 cm³/mol.